The molecule has 4 aromatic rings. The van der Waals surface area contributed by atoms with Crippen molar-refractivity contribution in [2.45, 2.75) is 44.3 Å². The summed E-state index contributed by atoms with van der Waals surface area (Å²) in [4.78, 5) is 48.9. The van der Waals surface area contributed by atoms with E-state index in [0.29, 0.717) is 35.7 Å². The average molecular weight is 716 g/mol. The Morgan fingerprint density at radius 1 is 1.20 bits per heavy atom. The number of carboxylic acids is 2. The summed E-state index contributed by atoms with van der Waals surface area (Å²) in [6, 6.07) is 11.5. The zero-order chi connectivity index (χ0) is 35.9. The Bertz CT molecular complexity index is 2120. The van der Waals surface area contributed by atoms with Crippen molar-refractivity contribution in [1.82, 2.24) is 14.5 Å². The highest BCUT2D eigenvalue weighted by Gasteiger charge is 2.50. The number of hydrogen-bond acceptors (Lipinski definition) is 11. The standard InChI is InChI=1S/C34H34N8O6S2/c1-18-23(12-26(43)27(24-17-50-33(37)38-24)39-48-34(2,3)32(46)47)30-42(18)28(31(44)45)22(16-49-30)14-40-10-8-20-9-11-41(25(20)15-40)13-19-4-6-21(7-5-19)29(35)36/h4-11,15,17,23,30H,1,12-14,16H2,2-3H3,(H6-,35,36,37,38,44,45,46,47)/p+1/b39-27-/t23-,30-/m1/s1. The van der Waals surface area contributed by atoms with Gasteiger partial charge in [0, 0.05) is 64.5 Å². The zero-order valence-corrected chi connectivity index (χ0v) is 28.8. The van der Waals surface area contributed by atoms with Crippen LogP contribution in [0.5, 0.6) is 0 Å². The van der Waals surface area contributed by atoms with Gasteiger partial charge in [0.05, 0.1) is 5.37 Å². The van der Waals surface area contributed by atoms with Crippen LogP contribution in [0.15, 0.2) is 89.1 Å². The lowest BCUT2D eigenvalue weighted by atomic mass is 9.87. The largest absolute Gasteiger partial charge is 0.478 e. The van der Waals surface area contributed by atoms with Crippen LogP contribution in [-0.4, -0.2) is 70.7 Å². The first-order chi connectivity index (χ1) is 23.7. The molecule has 0 aliphatic carbocycles. The molecular weight excluding hydrogens is 681 g/mol. The van der Waals surface area contributed by atoms with Gasteiger partial charge in [-0.05, 0) is 25.5 Å². The molecule has 0 saturated carbocycles. The number of ketones is 1. The predicted octanol–water partition coefficient (Wildman–Crippen LogP) is 3.40. The molecule has 1 fully saturated rings. The number of carboxylic acid groups (broad SMARTS) is 2. The summed E-state index contributed by atoms with van der Waals surface area (Å²) in [5, 5.41) is 33.8. The first-order valence-corrected chi connectivity index (χ1v) is 17.4. The minimum Gasteiger partial charge on any atom is -0.478 e. The summed E-state index contributed by atoms with van der Waals surface area (Å²) in [7, 11) is 0. The molecule has 0 radical (unpaired) electrons. The Kier molecular flexibility index (Phi) is 9.24. The molecule has 2 aliphatic rings. The van der Waals surface area contributed by atoms with Gasteiger partial charge < -0.3 is 36.0 Å². The fourth-order valence-electron chi connectivity index (χ4n) is 5.83. The van der Waals surface area contributed by atoms with Crippen LogP contribution in [-0.2, 0) is 32.3 Å². The summed E-state index contributed by atoms with van der Waals surface area (Å²) in [6.07, 6.45) is 5.85. The third-order valence-corrected chi connectivity index (χ3v) is 10.7. The van der Waals surface area contributed by atoms with Crippen molar-refractivity contribution in [2.24, 2.45) is 16.8 Å². The lowest BCUT2D eigenvalue weighted by Crippen LogP contribution is -2.56. The van der Waals surface area contributed by atoms with Gasteiger partial charge in [0.15, 0.2) is 35.6 Å². The van der Waals surface area contributed by atoms with Gasteiger partial charge in [-0.3, -0.25) is 10.2 Å². The molecule has 16 heteroatoms. The molecule has 0 spiro atoms. The normalized spacial score (nSPS) is 17.8. The number of nitrogen functional groups attached to an aromatic ring is 2. The number of amidine groups is 1. The molecule has 258 valence electrons. The van der Waals surface area contributed by atoms with Crippen molar-refractivity contribution in [3.8, 4) is 0 Å². The molecule has 0 bridgehead atoms. The van der Waals surface area contributed by atoms with E-state index in [-0.39, 0.29) is 39.9 Å². The minimum atomic E-state index is -1.70. The van der Waals surface area contributed by atoms with Crippen molar-refractivity contribution in [1.29, 1.82) is 5.41 Å². The van der Waals surface area contributed by atoms with Crippen LogP contribution >= 0.6 is 23.1 Å². The molecule has 50 heavy (non-hydrogen) atoms. The van der Waals surface area contributed by atoms with Crippen molar-refractivity contribution in [3.05, 3.63) is 101 Å². The molecule has 14 nitrogen and oxygen atoms in total. The number of Topliss-reactive ketones (excluding diaryl/α,β-unsaturated/α-hetero) is 1. The van der Waals surface area contributed by atoms with Crippen molar-refractivity contribution >= 4 is 68.4 Å². The summed E-state index contributed by atoms with van der Waals surface area (Å²) >= 11 is 2.63. The summed E-state index contributed by atoms with van der Waals surface area (Å²) in [5.74, 6) is -2.76. The Labute approximate surface area is 294 Å². The molecule has 2 atom stereocenters. The Hall–Kier alpha value is -5.48. The van der Waals surface area contributed by atoms with Crippen LogP contribution in [0.1, 0.15) is 37.1 Å². The lowest BCUT2D eigenvalue weighted by molar-refractivity contribution is -0.687. The van der Waals surface area contributed by atoms with Crippen molar-refractivity contribution in [3.63, 3.8) is 0 Å². The molecule has 2 aliphatic heterocycles. The number of aromatic nitrogens is 3. The van der Waals surface area contributed by atoms with Crippen LogP contribution in [0.25, 0.3) is 10.9 Å². The summed E-state index contributed by atoms with van der Waals surface area (Å²) in [5.41, 5.74) is 13.7. The zero-order valence-electron chi connectivity index (χ0n) is 27.2. The highest BCUT2D eigenvalue weighted by Crippen LogP contribution is 2.50. The van der Waals surface area contributed by atoms with Crippen LogP contribution < -0.4 is 16.0 Å². The number of benzene rings is 1. The molecule has 0 amide bonds. The number of rotatable bonds is 13. The number of pyridine rings is 1. The molecule has 5 heterocycles. The van der Waals surface area contributed by atoms with E-state index >= 15 is 0 Å². The quantitative estimate of drug-likeness (QED) is 0.0586. The first kappa shape index (κ1) is 34.4. The highest BCUT2D eigenvalue weighted by atomic mass is 32.2. The Balaban J connectivity index is 1.20. The van der Waals surface area contributed by atoms with Crippen molar-refractivity contribution < 1.29 is 34.0 Å². The van der Waals surface area contributed by atoms with Gasteiger partial charge in [-0.25, -0.2) is 14.6 Å². The summed E-state index contributed by atoms with van der Waals surface area (Å²) in [6.45, 7) is 7.71. The van der Waals surface area contributed by atoms with E-state index in [9.17, 15) is 24.6 Å². The minimum absolute atomic E-state index is 0.0162. The van der Waals surface area contributed by atoms with E-state index in [0.717, 1.165) is 27.8 Å². The molecule has 0 unspecified atom stereocenters. The monoisotopic (exact) mass is 715 g/mol. The Morgan fingerprint density at radius 3 is 2.58 bits per heavy atom. The number of oxime groups is 1. The maximum absolute atomic E-state index is 13.6. The van der Waals surface area contributed by atoms with E-state index in [1.54, 1.807) is 4.90 Å². The molecule has 1 aromatic carbocycles. The van der Waals surface area contributed by atoms with Gasteiger partial charge in [0.2, 0.25) is 5.60 Å². The van der Waals surface area contributed by atoms with E-state index in [2.05, 4.69) is 21.3 Å². The van der Waals surface area contributed by atoms with Crippen LogP contribution in [0.3, 0.4) is 0 Å². The number of hydrogen-bond donors (Lipinski definition) is 5. The molecule has 3 aromatic heterocycles. The van der Waals surface area contributed by atoms with Gasteiger partial charge in [-0.1, -0.05) is 36.0 Å². The SMILES string of the molecule is C=C1[C@@H](CC(=O)/C(=N\OC(C)(C)C(=O)O)c2csc(N)n2)[C@H]2SCC(C[n+]3ccc4ccn(Cc5ccc(C(=N)N)cc5)c4c3)=C(C(=O)O)N12. The fraction of sp³-hybridized carbons (Fsp3) is 0.265. The fourth-order valence-corrected chi connectivity index (χ4v) is 7.85. The van der Waals surface area contributed by atoms with Gasteiger partial charge >= 0.3 is 11.9 Å². The molecule has 1 saturated heterocycles. The topological polar surface area (TPSA) is 214 Å². The number of nitrogens with two attached hydrogens (primary N) is 2. The van der Waals surface area contributed by atoms with Crippen LogP contribution in [0.4, 0.5) is 5.13 Å². The third-order valence-electron chi connectivity index (χ3n) is 8.62. The van der Waals surface area contributed by atoms with Crippen LogP contribution in [0.2, 0.25) is 0 Å². The van der Waals surface area contributed by atoms with E-state index in [1.165, 1.54) is 31.0 Å². The summed E-state index contributed by atoms with van der Waals surface area (Å²) < 4.78 is 4.07. The Morgan fingerprint density at radius 2 is 1.94 bits per heavy atom. The number of nitrogens with one attached hydrogen (secondary N) is 1. The van der Waals surface area contributed by atoms with Gasteiger partial charge in [0.1, 0.15) is 22.7 Å². The second kappa shape index (κ2) is 13.4. The van der Waals surface area contributed by atoms with Gasteiger partial charge in [0.25, 0.3) is 0 Å². The number of carbonyl (C=O) groups excluding carboxylic acids is 1. The second-order valence-corrected chi connectivity index (χ2v) is 14.5. The lowest BCUT2D eigenvalue weighted by Gasteiger charge is -2.53. The molecular formula is C34H35N8O6S2+. The maximum atomic E-state index is 13.6. The number of thiazole rings is 1. The predicted molar refractivity (Wildman–Crippen MR) is 190 cm³/mol. The number of nitrogens with zero attached hydrogens (tertiary/aromatic N) is 5. The van der Waals surface area contributed by atoms with E-state index < -0.39 is 29.2 Å². The number of thioether (sulfide) groups is 1. The number of fused-ring (bicyclic) bond motifs is 2. The number of carbonyl (C=O) groups is 3. The van der Waals surface area contributed by atoms with Gasteiger partial charge in [-0.15, -0.1) is 23.1 Å². The maximum Gasteiger partial charge on any atom is 0.352 e. The first-order valence-electron chi connectivity index (χ1n) is 15.4. The second-order valence-electron chi connectivity index (χ2n) is 12.5. The van der Waals surface area contributed by atoms with Crippen LogP contribution in [0, 0.1) is 11.3 Å². The van der Waals surface area contributed by atoms with Crippen molar-refractivity contribution in [2.75, 3.05) is 11.5 Å². The number of anilines is 1. The van der Waals surface area contributed by atoms with Gasteiger partial charge in [-0.2, -0.15) is 4.57 Å². The third kappa shape index (κ3) is 6.71. The molecule has 7 N–H and O–H groups in total. The van der Waals surface area contributed by atoms with E-state index in [1.807, 2.05) is 59.6 Å². The average Bonchev–Trinajstić information content (AvgIpc) is 3.68. The van der Waals surface area contributed by atoms with E-state index in [4.69, 9.17) is 21.7 Å². The smallest absolute Gasteiger partial charge is 0.352 e. The number of aliphatic carboxylic acids is 2. The highest BCUT2D eigenvalue weighted by molar-refractivity contribution is 8.00. The molecule has 6 rings (SSSR count).